The molecule has 0 aliphatic rings. The van der Waals surface area contributed by atoms with Crippen LogP contribution in [0.1, 0.15) is 13.3 Å². The van der Waals surface area contributed by atoms with Crippen molar-refractivity contribution in [3.8, 4) is 5.69 Å². The first-order valence-corrected chi connectivity index (χ1v) is 6.66. The van der Waals surface area contributed by atoms with Gasteiger partial charge in [-0.05, 0) is 18.6 Å². The van der Waals surface area contributed by atoms with E-state index in [2.05, 4.69) is 17.2 Å². The van der Waals surface area contributed by atoms with Crippen molar-refractivity contribution in [3.63, 3.8) is 0 Å². The summed E-state index contributed by atoms with van der Waals surface area (Å²) in [5.74, 6) is 0. The monoisotopic (exact) mass is 279 g/mol. The highest BCUT2D eigenvalue weighted by atomic mass is 35.5. The summed E-state index contributed by atoms with van der Waals surface area (Å²) in [6, 6.07) is 6.08. The fourth-order valence-corrected chi connectivity index (χ4v) is 2.24. The highest BCUT2D eigenvalue weighted by Gasteiger charge is 2.12. The number of rotatable bonds is 6. The average Bonchev–Trinajstić information content (AvgIpc) is 2.92. The number of hydrogen-bond acceptors (Lipinski definition) is 3. The molecule has 0 fully saturated rings. The van der Waals surface area contributed by atoms with Crippen LogP contribution in [-0.4, -0.2) is 29.3 Å². The molecule has 2 rings (SSSR count). The fraction of sp³-hybridized carbons (Fsp3) is 0.357. The molecule has 2 aromatic rings. The van der Waals surface area contributed by atoms with Crippen LogP contribution in [0.4, 0.5) is 5.69 Å². The largest absolute Gasteiger partial charge is 0.383 e. The second-order valence-corrected chi connectivity index (χ2v) is 4.72. The van der Waals surface area contributed by atoms with E-state index in [-0.39, 0.29) is 6.04 Å². The summed E-state index contributed by atoms with van der Waals surface area (Å²) < 4.78 is 7.12. The molecular weight excluding hydrogens is 262 g/mol. The van der Waals surface area contributed by atoms with Crippen molar-refractivity contribution in [3.05, 3.63) is 41.9 Å². The Labute approximate surface area is 118 Å². The second kappa shape index (κ2) is 6.59. The maximum Gasteiger partial charge on any atom is 0.0992 e. The van der Waals surface area contributed by atoms with Gasteiger partial charge in [-0.15, -0.1) is 0 Å². The molecule has 0 radical (unpaired) electrons. The van der Waals surface area contributed by atoms with E-state index in [1.807, 2.05) is 29.0 Å². The molecule has 19 heavy (non-hydrogen) atoms. The molecule has 0 spiro atoms. The van der Waals surface area contributed by atoms with Gasteiger partial charge in [0.1, 0.15) is 0 Å². The molecule has 0 saturated heterocycles. The van der Waals surface area contributed by atoms with E-state index < -0.39 is 0 Å². The van der Waals surface area contributed by atoms with Gasteiger partial charge in [-0.3, -0.25) is 0 Å². The van der Waals surface area contributed by atoms with E-state index in [4.69, 9.17) is 16.3 Å². The predicted octanol–water partition coefficient (Wildman–Crippen LogP) is 3.36. The zero-order valence-electron chi connectivity index (χ0n) is 11.1. The summed E-state index contributed by atoms with van der Waals surface area (Å²) in [7, 11) is 1.71. The third-order valence-electron chi connectivity index (χ3n) is 2.97. The minimum atomic E-state index is 0.255. The zero-order chi connectivity index (χ0) is 13.7. The fourth-order valence-electron chi connectivity index (χ4n) is 1.97. The van der Waals surface area contributed by atoms with Crippen molar-refractivity contribution in [2.45, 2.75) is 19.4 Å². The maximum absolute atomic E-state index is 6.30. The molecule has 0 aliphatic carbocycles. The molecule has 1 unspecified atom stereocenters. The van der Waals surface area contributed by atoms with Gasteiger partial charge in [0.25, 0.3) is 0 Å². The smallest absolute Gasteiger partial charge is 0.0992 e. The lowest BCUT2D eigenvalue weighted by Gasteiger charge is -2.20. The Morgan fingerprint density at radius 3 is 2.95 bits per heavy atom. The number of ether oxygens (including phenoxy) is 1. The number of nitrogens with zero attached hydrogens (tertiary/aromatic N) is 2. The van der Waals surface area contributed by atoms with Gasteiger partial charge < -0.3 is 14.6 Å². The number of aromatic nitrogens is 2. The maximum atomic E-state index is 6.30. The van der Waals surface area contributed by atoms with Gasteiger partial charge >= 0.3 is 0 Å². The first-order valence-electron chi connectivity index (χ1n) is 6.28. The summed E-state index contributed by atoms with van der Waals surface area (Å²) in [6.07, 6.45) is 6.33. The second-order valence-electron chi connectivity index (χ2n) is 4.31. The summed E-state index contributed by atoms with van der Waals surface area (Å²) >= 11 is 6.30. The highest BCUT2D eigenvalue weighted by Crippen LogP contribution is 2.29. The molecule has 1 heterocycles. The lowest BCUT2D eigenvalue weighted by molar-refractivity contribution is 0.184. The number of anilines is 1. The Balaban J connectivity index is 2.32. The van der Waals surface area contributed by atoms with Gasteiger partial charge in [-0.25, -0.2) is 4.98 Å². The summed E-state index contributed by atoms with van der Waals surface area (Å²) in [6.45, 7) is 2.78. The molecule has 4 nitrogen and oxygen atoms in total. The van der Waals surface area contributed by atoms with Crippen molar-refractivity contribution < 1.29 is 4.74 Å². The number of imidazole rings is 1. The third-order valence-corrected chi connectivity index (χ3v) is 3.27. The van der Waals surface area contributed by atoms with Crippen LogP contribution in [0.3, 0.4) is 0 Å². The van der Waals surface area contributed by atoms with Gasteiger partial charge in [0.05, 0.1) is 29.3 Å². The van der Waals surface area contributed by atoms with Gasteiger partial charge in [0, 0.05) is 25.5 Å². The number of halogens is 1. The van der Waals surface area contributed by atoms with Crippen molar-refractivity contribution >= 4 is 17.3 Å². The molecule has 1 aromatic heterocycles. The van der Waals surface area contributed by atoms with Gasteiger partial charge in [-0.1, -0.05) is 24.6 Å². The molecule has 0 amide bonds. The molecule has 1 aromatic carbocycles. The third kappa shape index (κ3) is 3.28. The van der Waals surface area contributed by atoms with E-state index >= 15 is 0 Å². The van der Waals surface area contributed by atoms with Crippen molar-refractivity contribution in [1.82, 2.24) is 9.55 Å². The SMILES string of the molecule is CCC(COC)Nc1cccc(Cl)c1-n1ccnc1. The normalized spacial score (nSPS) is 12.4. The Hall–Kier alpha value is -1.52. The topological polar surface area (TPSA) is 39.1 Å². The molecule has 102 valence electrons. The Morgan fingerprint density at radius 1 is 1.47 bits per heavy atom. The van der Waals surface area contributed by atoms with Crippen molar-refractivity contribution in [2.75, 3.05) is 19.0 Å². The van der Waals surface area contributed by atoms with E-state index in [0.29, 0.717) is 11.6 Å². The average molecular weight is 280 g/mol. The lowest BCUT2D eigenvalue weighted by atomic mass is 10.2. The molecule has 1 N–H and O–H groups in total. The lowest BCUT2D eigenvalue weighted by Crippen LogP contribution is -2.24. The van der Waals surface area contributed by atoms with Gasteiger partial charge in [0.15, 0.2) is 0 Å². The Morgan fingerprint density at radius 2 is 2.32 bits per heavy atom. The van der Waals surface area contributed by atoms with Crippen LogP contribution >= 0.6 is 11.6 Å². The molecular formula is C14H18ClN3O. The van der Waals surface area contributed by atoms with Crippen LogP contribution in [-0.2, 0) is 4.74 Å². The number of methoxy groups -OCH3 is 1. The number of benzene rings is 1. The minimum Gasteiger partial charge on any atom is -0.383 e. The van der Waals surface area contributed by atoms with Crippen LogP contribution in [0.5, 0.6) is 0 Å². The van der Waals surface area contributed by atoms with Gasteiger partial charge in [-0.2, -0.15) is 0 Å². The van der Waals surface area contributed by atoms with Crippen LogP contribution in [0.25, 0.3) is 5.69 Å². The molecule has 0 saturated carbocycles. The van der Waals surface area contributed by atoms with E-state index in [1.165, 1.54) is 0 Å². The summed E-state index contributed by atoms with van der Waals surface area (Å²) in [5, 5.41) is 4.16. The van der Waals surface area contributed by atoms with Crippen LogP contribution in [0.15, 0.2) is 36.9 Å². The quantitative estimate of drug-likeness (QED) is 0.881. The minimum absolute atomic E-state index is 0.255. The van der Waals surface area contributed by atoms with E-state index in [1.54, 1.807) is 19.6 Å². The predicted molar refractivity (Wildman–Crippen MR) is 78.2 cm³/mol. The Kier molecular flexibility index (Phi) is 4.82. The number of nitrogens with one attached hydrogen (secondary N) is 1. The van der Waals surface area contributed by atoms with E-state index in [0.717, 1.165) is 17.8 Å². The van der Waals surface area contributed by atoms with Crippen LogP contribution in [0.2, 0.25) is 5.02 Å². The molecule has 0 aliphatic heterocycles. The van der Waals surface area contributed by atoms with Crippen LogP contribution < -0.4 is 5.32 Å². The van der Waals surface area contributed by atoms with E-state index in [9.17, 15) is 0 Å². The molecule has 0 bridgehead atoms. The van der Waals surface area contributed by atoms with Gasteiger partial charge in [0.2, 0.25) is 0 Å². The molecule has 5 heteroatoms. The number of para-hydroxylation sites is 1. The Bertz CT molecular complexity index is 513. The number of hydrogen-bond donors (Lipinski definition) is 1. The van der Waals surface area contributed by atoms with Crippen LogP contribution in [0, 0.1) is 0 Å². The standard InChI is InChI=1S/C14H18ClN3O/c1-3-11(9-19-2)17-13-6-4-5-12(15)14(13)18-8-7-16-10-18/h4-8,10-11,17H,3,9H2,1-2H3. The first kappa shape index (κ1) is 13.9. The highest BCUT2D eigenvalue weighted by molar-refractivity contribution is 6.33. The van der Waals surface area contributed by atoms with Crippen molar-refractivity contribution in [2.24, 2.45) is 0 Å². The molecule has 1 atom stereocenters. The zero-order valence-corrected chi connectivity index (χ0v) is 11.9. The van der Waals surface area contributed by atoms with Crippen molar-refractivity contribution in [1.29, 1.82) is 0 Å². The summed E-state index contributed by atoms with van der Waals surface area (Å²) in [5.41, 5.74) is 1.89. The first-order chi connectivity index (χ1) is 9.26. The summed E-state index contributed by atoms with van der Waals surface area (Å²) in [4.78, 5) is 4.07.